The van der Waals surface area contributed by atoms with Crippen LogP contribution in [-0.2, 0) is 4.74 Å². The van der Waals surface area contributed by atoms with Gasteiger partial charge >= 0.3 is 0 Å². The van der Waals surface area contributed by atoms with E-state index in [1.807, 2.05) is 13.0 Å². The summed E-state index contributed by atoms with van der Waals surface area (Å²) in [5.41, 5.74) is 1.72. The van der Waals surface area contributed by atoms with Crippen molar-refractivity contribution in [1.29, 1.82) is 0 Å². The van der Waals surface area contributed by atoms with Gasteiger partial charge in [-0.3, -0.25) is 0 Å². The van der Waals surface area contributed by atoms with E-state index in [1.165, 1.54) is 0 Å². The monoisotopic (exact) mass is 237 g/mol. The number of hydrogen-bond donors (Lipinski definition) is 1. The van der Waals surface area contributed by atoms with Crippen LogP contribution in [0.15, 0.2) is 18.2 Å². The third-order valence-electron chi connectivity index (χ3n) is 3.11. The van der Waals surface area contributed by atoms with Gasteiger partial charge in [-0.2, -0.15) is 0 Å². The molecule has 0 bridgehead atoms. The molecule has 0 aromatic heterocycles. The zero-order chi connectivity index (χ0) is 12.5. The van der Waals surface area contributed by atoms with E-state index in [0.717, 1.165) is 30.7 Å². The summed E-state index contributed by atoms with van der Waals surface area (Å²) in [5.74, 6) is -0.182. The lowest BCUT2D eigenvalue weighted by Crippen LogP contribution is -2.40. The van der Waals surface area contributed by atoms with Crippen LogP contribution in [0.5, 0.6) is 0 Å². The van der Waals surface area contributed by atoms with Crippen LogP contribution in [0.25, 0.3) is 0 Å². The Morgan fingerprint density at radius 3 is 2.76 bits per heavy atom. The van der Waals surface area contributed by atoms with Crippen LogP contribution in [0.4, 0.5) is 10.1 Å². The molecule has 1 heterocycles. The highest BCUT2D eigenvalue weighted by molar-refractivity contribution is 5.46. The maximum absolute atomic E-state index is 13.3. The Morgan fingerprint density at radius 2 is 2.12 bits per heavy atom. The summed E-state index contributed by atoms with van der Waals surface area (Å²) in [6.45, 7) is 6.86. The molecule has 1 aliphatic rings. The van der Waals surface area contributed by atoms with E-state index >= 15 is 0 Å². The third-order valence-corrected chi connectivity index (χ3v) is 3.11. The number of ether oxygens (including phenoxy) is 1. The molecule has 1 atom stereocenters. The fourth-order valence-electron chi connectivity index (χ4n) is 2.41. The second-order valence-electron chi connectivity index (χ2n) is 5.46. The fraction of sp³-hybridized carbons (Fsp3) is 0.571. The van der Waals surface area contributed by atoms with Gasteiger partial charge in [0, 0.05) is 18.3 Å². The number of halogens is 1. The van der Waals surface area contributed by atoms with Gasteiger partial charge in [-0.1, -0.05) is 0 Å². The zero-order valence-corrected chi connectivity index (χ0v) is 10.7. The number of benzene rings is 1. The second-order valence-corrected chi connectivity index (χ2v) is 5.46. The molecule has 17 heavy (non-hydrogen) atoms. The highest BCUT2D eigenvalue weighted by Gasteiger charge is 2.28. The lowest BCUT2D eigenvalue weighted by Gasteiger charge is -2.36. The van der Waals surface area contributed by atoms with Crippen molar-refractivity contribution in [3.63, 3.8) is 0 Å². The summed E-state index contributed by atoms with van der Waals surface area (Å²) in [6, 6.07) is 5.43. The van der Waals surface area contributed by atoms with Crippen molar-refractivity contribution in [2.75, 3.05) is 11.9 Å². The number of anilines is 1. The fourth-order valence-corrected chi connectivity index (χ4v) is 2.41. The van der Waals surface area contributed by atoms with Crippen LogP contribution in [0, 0.1) is 12.7 Å². The summed E-state index contributed by atoms with van der Waals surface area (Å²) in [6.07, 6.45) is 1.92. The summed E-state index contributed by atoms with van der Waals surface area (Å²) in [7, 11) is 0. The molecular formula is C14H20FNO. The first kappa shape index (κ1) is 12.4. The Balaban J connectivity index is 2.05. The molecule has 1 N–H and O–H groups in total. The van der Waals surface area contributed by atoms with Crippen molar-refractivity contribution >= 4 is 5.69 Å². The molecule has 1 saturated heterocycles. The highest BCUT2D eigenvalue weighted by Crippen LogP contribution is 2.26. The SMILES string of the molecule is Cc1cc(F)cc(NC2CCOC(C)(C)C2)c1. The van der Waals surface area contributed by atoms with Gasteiger partial charge in [0.15, 0.2) is 0 Å². The average Bonchev–Trinajstić information content (AvgIpc) is 2.13. The van der Waals surface area contributed by atoms with Crippen molar-refractivity contribution in [3.8, 4) is 0 Å². The van der Waals surface area contributed by atoms with Gasteiger partial charge in [0.1, 0.15) is 5.82 Å². The van der Waals surface area contributed by atoms with E-state index in [2.05, 4.69) is 19.2 Å². The predicted molar refractivity (Wildman–Crippen MR) is 67.8 cm³/mol. The molecule has 2 rings (SSSR count). The van der Waals surface area contributed by atoms with Gasteiger partial charge in [-0.05, 0) is 57.4 Å². The van der Waals surface area contributed by atoms with Gasteiger partial charge < -0.3 is 10.1 Å². The molecule has 2 nitrogen and oxygen atoms in total. The van der Waals surface area contributed by atoms with E-state index in [1.54, 1.807) is 12.1 Å². The molecule has 3 heteroatoms. The normalized spacial score (nSPS) is 23.4. The van der Waals surface area contributed by atoms with Crippen molar-refractivity contribution in [3.05, 3.63) is 29.6 Å². The molecule has 0 aliphatic carbocycles. The van der Waals surface area contributed by atoms with Crippen LogP contribution in [0.3, 0.4) is 0 Å². The molecule has 1 unspecified atom stereocenters. The van der Waals surface area contributed by atoms with Gasteiger partial charge in [0.2, 0.25) is 0 Å². The Morgan fingerprint density at radius 1 is 1.35 bits per heavy atom. The van der Waals surface area contributed by atoms with E-state index in [-0.39, 0.29) is 11.4 Å². The molecule has 1 aromatic carbocycles. The second kappa shape index (κ2) is 4.65. The summed E-state index contributed by atoms with van der Waals surface area (Å²) in [5, 5.41) is 3.40. The molecule has 1 aromatic rings. The molecule has 94 valence electrons. The zero-order valence-electron chi connectivity index (χ0n) is 10.7. The average molecular weight is 237 g/mol. The van der Waals surface area contributed by atoms with E-state index in [9.17, 15) is 4.39 Å². The number of aryl methyl sites for hydroxylation is 1. The van der Waals surface area contributed by atoms with Gasteiger partial charge in [-0.15, -0.1) is 0 Å². The van der Waals surface area contributed by atoms with E-state index in [4.69, 9.17) is 4.74 Å². The molecule has 0 spiro atoms. The first-order valence-corrected chi connectivity index (χ1v) is 6.12. The third kappa shape index (κ3) is 3.43. The smallest absolute Gasteiger partial charge is 0.125 e. The molecule has 0 saturated carbocycles. The van der Waals surface area contributed by atoms with Gasteiger partial charge in [-0.25, -0.2) is 4.39 Å². The van der Waals surface area contributed by atoms with Crippen molar-refractivity contribution in [2.45, 2.75) is 45.3 Å². The molecule has 0 radical (unpaired) electrons. The Labute approximate surface area is 102 Å². The van der Waals surface area contributed by atoms with Crippen LogP contribution < -0.4 is 5.32 Å². The lowest BCUT2D eigenvalue weighted by molar-refractivity contribution is -0.0553. The van der Waals surface area contributed by atoms with E-state index in [0.29, 0.717) is 6.04 Å². The number of rotatable bonds is 2. The predicted octanol–water partition coefficient (Wildman–Crippen LogP) is 3.50. The quantitative estimate of drug-likeness (QED) is 0.850. The summed E-state index contributed by atoms with van der Waals surface area (Å²) < 4.78 is 18.9. The topological polar surface area (TPSA) is 21.3 Å². The maximum atomic E-state index is 13.3. The maximum Gasteiger partial charge on any atom is 0.125 e. The first-order valence-electron chi connectivity index (χ1n) is 6.12. The highest BCUT2D eigenvalue weighted by atomic mass is 19.1. The first-order chi connectivity index (χ1) is 7.94. The van der Waals surface area contributed by atoms with Crippen molar-refractivity contribution < 1.29 is 9.13 Å². The summed E-state index contributed by atoms with van der Waals surface area (Å²) in [4.78, 5) is 0. The van der Waals surface area contributed by atoms with Crippen LogP contribution in [0.2, 0.25) is 0 Å². The van der Waals surface area contributed by atoms with Crippen LogP contribution >= 0.6 is 0 Å². The minimum atomic E-state index is -0.182. The Hall–Kier alpha value is -1.09. The Bertz CT molecular complexity index is 383. The minimum Gasteiger partial charge on any atom is -0.382 e. The van der Waals surface area contributed by atoms with Crippen LogP contribution in [0.1, 0.15) is 32.3 Å². The van der Waals surface area contributed by atoms with Crippen molar-refractivity contribution in [1.82, 2.24) is 0 Å². The van der Waals surface area contributed by atoms with Crippen molar-refractivity contribution in [2.24, 2.45) is 0 Å². The minimum absolute atomic E-state index is 0.0850. The molecule has 1 fully saturated rings. The summed E-state index contributed by atoms with van der Waals surface area (Å²) >= 11 is 0. The van der Waals surface area contributed by atoms with E-state index < -0.39 is 0 Å². The van der Waals surface area contributed by atoms with Crippen LogP contribution in [-0.4, -0.2) is 18.2 Å². The molecule has 0 amide bonds. The Kier molecular flexibility index (Phi) is 3.38. The number of nitrogens with one attached hydrogen (secondary N) is 1. The van der Waals surface area contributed by atoms with Gasteiger partial charge in [0.25, 0.3) is 0 Å². The lowest BCUT2D eigenvalue weighted by atomic mass is 9.94. The largest absolute Gasteiger partial charge is 0.382 e. The standard InChI is InChI=1S/C14H20FNO/c1-10-6-11(15)8-13(7-10)16-12-4-5-17-14(2,3)9-12/h6-8,12,16H,4-5,9H2,1-3H3. The molecular weight excluding hydrogens is 217 g/mol. The molecule has 1 aliphatic heterocycles. The number of hydrogen-bond acceptors (Lipinski definition) is 2. The van der Waals surface area contributed by atoms with Gasteiger partial charge in [0.05, 0.1) is 5.60 Å².